The lowest BCUT2D eigenvalue weighted by atomic mass is 9.92. The third-order valence-electron chi connectivity index (χ3n) is 5.48. The van der Waals surface area contributed by atoms with Crippen LogP contribution in [0.25, 0.3) is 0 Å². The Labute approximate surface area is 214 Å². The molecule has 0 amide bonds. The quantitative estimate of drug-likeness (QED) is 0.307. The first-order valence-corrected chi connectivity index (χ1v) is 11.8. The maximum Gasteiger partial charge on any atom is 0.418 e. The minimum Gasteiger partial charge on any atom is -0.496 e. The number of alkyl halides is 3. The molecule has 0 bridgehead atoms. The van der Waals surface area contributed by atoms with E-state index in [1.165, 1.54) is 0 Å². The molecule has 0 fully saturated rings. The molecular formula is C24H29Cl2F3N2O2S. The third kappa shape index (κ3) is 7.99. The van der Waals surface area contributed by atoms with Crippen LogP contribution in [-0.2, 0) is 10.9 Å². The normalized spacial score (nSPS) is 12.6. The largest absolute Gasteiger partial charge is 0.496 e. The molecule has 0 aliphatic rings. The monoisotopic (exact) mass is 536 g/mol. The van der Waals surface area contributed by atoms with Crippen molar-refractivity contribution in [1.29, 1.82) is 0 Å². The second-order valence-corrected chi connectivity index (χ2v) is 9.27. The van der Waals surface area contributed by atoms with Crippen molar-refractivity contribution in [2.45, 2.75) is 31.9 Å². The number of methoxy groups -OCH3 is 2. The molecule has 34 heavy (non-hydrogen) atoms. The van der Waals surface area contributed by atoms with Gasteiger partial charge in [0, 0.05) is 19.6 Å². The summed E-state index contributed by atoms with van der Waals surface area (Å²) in [5.74, 6) is 0.351. The molecule has 0 aliphatic heterocycles. The van der Waals surface area contributed by atoms with E-state index in [2.05, 4.69) is 10.2 Å². The van der Waals surface area contributed by atoms with Gasteiger partial charge in [0.15, 0.2) is 0 Å². The van der Waals surface area contributed by atoms with Crippen molar-refractivity contribution < 1.29 is 22.6 Å². The standard InChI is InChI=1S/C24H29Cl2F3N2O2S/c1-15-7-8-16(12-22(15)33-4)17(6-5-9-31(2)10-11-32-3)23(34)30-21-14-20(26)19(25)13-18(21)24(27,28)29/h7-8,12-14,17H,5-6,9-11H2,1-4H3,(H,30,34). The fraction of sp³-hybridized carbons (Fsp3) is 0.458. The van der Waals surface area contributed by atoms with Gasteiger partial charge in [-0.15, -0.1) is 0 Å². The van der Waals surface area contributed by atoms with E-state index in [-0.39, 0.29) is 26.6 Å². The number of nitrogens with zero attached hydrogens (tertiary/aromatic N) is 1. The number of rotatable bonds is 11. The zero-order valence-corrected chi connectivity index (χ0v) is 21.9. The van der Waals surface area contributed by atoms with Crippen LogP contribution < -0.4 is 10.1 Å². The molecule has 0 heterocycles. The molecule has 2 rings (SSSR count). The van der Waals surface area contributed by atoms with E-state index in [0.717, 1.165) is 42.8 Å². The smallest absolute Gasteiger partial charge is 0.418 e. The SMILES string of the molecule is COCCN(C)CCCC(C(=S)Nc1cc(Cl)c(Cl)cc1C(F)(F)F)c1ccc(C)c(OC)c1. The molecule has 2 aromatic rings. The highest BCUT2D eigenvalue weighted by molar-refractivity contribution is 7.80. The summed E-state index contributed by atoms with van der Waals surface area (Å²) in [6.07, 6.45) is -3.23. The van der Waals surface area contributed by atoms with E-state index in [4.69, 9.17) is 44.9 Å². The van der Waals surface area contributed by atoms with Crippen molar-refractivity contribution in [2.24, 2.45) is 0 Å². The Bertz CT molecular complexity index is 989. The van der Waals surface area contributed by atoms with Crippen molar-refractivity contribution in [2.75, 3.05) is 46.3 Å². The first-order valence-electron chi connectivity index (χ1n) is 10.7. The minimum atomic E-state index is -4.63. The average molecular weight is 537 g/mol. The highest BCUT2D eigenvalue weighted by Gasteiger charge is 2.35. The number of likely N-dealkylation sites (N-methyl/N-ethyl adjacent to an activating group) is 1. The van der Waals surface area contributed by atoms with Crippen LogP contribution in [0.5, 0.6) is 5.75 Å². The molecule has 0 spiro atoms. The Morgan fingerprint density at radius 2 is 1.79 bits per heavy atom. The van der Waals surface area contributed by atoms with Crippen LogP contribution in [0.4, 0.5) is 18.9 Å². The maximum atomic E-state index is 13.7. The first kappa shape index (κ1) is 28.7. The van der Waals surface area contributed by atoms with Gasteiger partial charge in [0.25, 0.3) is 0 Å². The molecule has 1 unspecified atom stereocenters. The lowest BCUT2D eigenvalue weighted by Crippen LogP contribution is -2.26. The minimum absolute atomic E-state index is 0.00768. The van der Waals surface area contributed by atoms with Crippen molar-refractivity contribution in [3.63, 3.8) is 0 Å². The molecule has 0 radical (unpaired) electrons. The molecule has 2 aromatic carbocycles. The van der Waals surface area contributed by atoms with E-state index >= 15 is 0 Å². The molecule has 0 saturated heterocycles. The fourth-order valence-electron chi connectivity index (χ4n) is 3.53. The molecule has 188 valence electrons. The van der Waals surface area contributed by atoms with Gasteiger partial charge >= 0.3 is 6.18 Å². The number of hydrogen-bond donors (Lipinski definition) is 1. The molecule has 4 nitrogen and oxygen atoms in total. The molecule has 0 aromatic heterocycles. The summed E-state index contributed by atoms with van der Waals surface area (Å²) in [6.45, 7) is 4.10. The van der Waals surface area contributed by atoms with Gasteiger partial charge in [-0.25, -0.2) is 0 Å². The van der Waals surface area contributed by atoms with Gasteiger partial charge in [0.1, 0.15) is 5.75 Å². The number of aryl methyl sites for hydroxylation is 1. The van der Waals surface area contributed by atoms with Crippen LogP contribution in [0, 0.1) is 6.92 Å². The highest BCUT2D eigenvalue weighted by Crippen LogP contribution is 2.40. The fourth-order valence-corrected chi connectivity index (χ4v) is 4.22. The van der Waals surface area contributed by atoms with Crippen molar-refractivity contribution in [3.8, 4) is 5.75 Å². The van der Waals surface area contributed by atoms with Crippen LogP contribution in [0.2, 0.25) is 10.0 Å². The van der Waals surface area contributed by atoms with Crippen molar-refractivity contribution in [1.82, 2.24) is 4.90 Å². The number of ether oxygens (including phenoxy) is 2. The molecular weight excluding hydrogens is 508 g/mol. The Morgan fingerprint density at radius 3 is 2.41 bits per heavy atom. The van der Waals surface area contributed by atoms with E-state index in [1.54, 1.807) is 14.2 Å². The highest BCUT2D eigenvalue weighted by atomic mass is 35.5. The predicted octanol–water partition coefficient (Wildman–Crippen LogP) is 7.21. The second-order valence-electron chi connectivity index (χ2n) is 8.02. The molecule has 1 atom stereocenters. The van der Waals surface area contributed by atoms with Gasteiger partial charge in [0.05, 0.1) is 40.0 Å². The number of anilines is 1. The van der Waals surface area contributed by atoms with Crippen LogP contribution in [0.1, 0.15) is 35.4 Å². The zero-order chi connectivity index (χ0) is 25.5. The summed E-state index contributed by atoms with van der Waals surface area (Å²) in [7, 11) is 5.22. The van der Waals surface area contributed by atoms with Gasteiger partial charge in [-0.05, 0) is 62.7 Å². The van der Waals surface area contributed by atoms with Gasteiger partial charge in [-0.1, -0.05) is 47.6 Å². The Kier molecular flexibility index (Phi) is 10.9. The summed E-state index contributed by atoms with van der Waals surface area (Å²) < 4.78 is 51.5. The van der Waals surface area contributed by atoms with E-state index < -0.39 is 11.7 Å². The Balaban J connectivity index is 2.33. The van der Waals surface area contributed by atoms with Gasteiger partial charge in [-0.3, -0.25) is 0 Å². The van der Waals surface area contributed by atoms with Crippen LogP contribution in [0.3, 0.4) is 0 Å². The van der Waals surface area contributed by atoms with Gasteiger partial charge in [0.2, 0.25) is 0 Å². The topological polar surface area (TPSA) is 33.7 Å². The summed E-state index contributed by atoms with van der Waals surface area (Å²) in [5.41, 5.74) is 0.650. The second kappa shape index (κ2) is 12.9. The lowest BCUT2D eigenvalue weighted by molar-refractivity contribution is -0.136. The number of halogens is 5. The number of thiocarbonyl (C=S) groups is 1. The Hall–Kier alpha value is -1.58. The molecule has 0 saturated carbocycles. The van der Waals surface area contributed by atoms with E-state index in [1.807, 2.05) is 32.2 Å². The zero-order valence-electron chi connectivity index (χ0n) is 19.6. The first-order chi connectivity index (χ1) is 16.0. The summed E-state index contributed by atoms with van der Waals surface area (Å²) in [6, 6.07) is 7.68. The maximum absolute atomic E-state index is 13.7. The summed E-state index contributed by atoms with van der Waals surface area (Å²) >= 11 is 17.5. The van der Waals surface area contributed by atoms with Crippen LogP contribution >= 0.6 is 35.4 Å². The molecule has 0 aliphatic carbocycles. The van der Waals surface area contributed by atoms with Crippen molar-refractivity contribution >= 4 is 46.1 Å². The summed E-state index contributed by atoms with van der Waals surface area (Å²) in [5, 5.41) is 2.63. The lowest BCUT2D eigenvalue weighted by Gasteiger charge is -2.24. The number of benzene rings is 2. The average Bonchev–Trinajstić information content (AvgIpc) is 2.77. The van der Waals surface area contributed by atoms with Crippen LogP contribution in [0.15, 0.2) is 30.3 Å². The molecule has 1 N–H and O–H groups in total. The third-order valence-corrected chi connectivity index (χ3v) is 6.59. The molecule has 10 heteroatoms. The number of nitrogens with one attached hydrogen (secondary N) is 1. The van der Waals surface area contributed by atoms with Gasteiger partial charge in [-0.2, -0.15) is 13.2 Å². The van der Waals surface area contributed by atoms with E-state index in [0.29, 0.717) is 18.8 Å². The van der Waals surface area contributed by atoms with E-state index in [9.17, 15) is 13.2 Å². The predicted molar refractivity (Wildman–Crippen MR) is 137 cm³/mol. The van der Waals surface area contributed by atoms with Gasteiger partial charge < -0.3 is 19.7 Å². The summed E-state index contributed by atoms with van der Waals surface area (Å²) in [4.78, 5) is 2.39. The van der Waals surface area contributed by atoms with Crippen LogP contribution in [-0.4, -0.2) is 50.9 Å². The van der Waals surface area contributed by atoms with Crippen molar-refractivity contribution in [3.05, 3.63) is 57.1 Å². The Morgan fingerprint density at radius 1 is 1.12 bits per heavy atom. The number of hydrogen-bond acceptors (Lipinski definition) is 4.